The van der Waals surface area contributed by atoms with Gasteiger partial charge in [-0.15, -0.1) is 0 Å². The summed E-state index contributed by atoms with van der Waals surface area (Å²) >= 11 is 0. The van der Waals surface area contributed by atoms with Crippen LogP contribution in [0.15, 0.2) is 54.6 Å². The number of fused-ring (bicyclic) bond motifs is 1. The van der Waals surface area contributed by atoms with E-state index in [9.17, 15) is 9.59 Å². The van der Waals surface area contributed by atoms with Crippen LogP contribution in [0.5, 0.6) is 5.88 Å². The monoisotopic (exact) mass is 616 g/mol. The van der Waals surface area contributed by atoms with Crippen molar-refractivity contribution in [3.8, 4) is 5.88 Å². The Bertz CT molecular complexity index is 1490. The molecule has 8 heteroatoms. The second kappa shape index (κ2) is 13.9. The maximum Gasteiger partial charge on any atom is 0.329 e. The standard InChI is InChI=1S/C37H48N2O6/c1-8-43-36(41)32-30(37(4,5)6)33(45-22-25-21-24-15-9-12-18-28(24)38-34(25)42-7)31(27-17-11-10-16-26(27)23(2)3)39(32)35(40)29-19-13-14-20-44-29/h9-12,15-18,21,23,29-33H,8,13-14,19-20,22H2,1-7H3/t29-,30+,31-,32-,33-/m0/s1. The van der Waals surface area contributed by atoms with E-state index < -0.39 is 35.7 Å². The lowest BCUT2D eigenvalue weighted by molar-refractivity contribution is -0.162. The summed E-state index contributed by atoms with van der Waals surface area (Å²) in [4.78, 5) is 35.2. The zero-order chi connectivity index (χ0) is 32.3. The van der Waals surface area contributed by atoms with Crippen molar-refractivity contribution in [3.05, 3.63) is 71.3 Å². The minimum absolute atomic E-state index is 0.179. The first-order valence-corrected chi connectivity index (χ1v) is 16.3. The Balaban J connectivity index is 1.67. The third kappa shape index (κ3) is 6.73. The van der Waals surface area contributed by atoms with Crippen LogP contribution in [-0.4, -0.2) is 60.3 Å². The number of hydrogen-bond acceptors (Lipinski definition) is 7. The normalized spacial score (nSPS) is 23.8. The van der Waals surface area contributed by atoms with Gasteiger partial charge in [-0.3, -0.25) is 4.79 Å². The average Bonchev–Trinajstić information content (AvgIpc) is 3.39. The summed E-state index contributed by atoms with van der Waals surface area (Å²) in [6, 6.07) is 16.7. The quantitative estimate of drug-likeness (QED) is 0.239. The van der Waals surface area contributed by atoms with Gasteiger partial charge in [0.25, 0.3) is 5.91 Å². The van der Waals surface area contributed by atoms with Crippen molar-refractivity contribution in [1.82, 2.24) is 9.88 Å². The molecule has 0 aliphatic carbocycles. The molecule has 2 saturated heterocycles. The molecule has 0 bridgehead atoms. The molecular formula is C37H48N2O6. The molecule has 5 rings (SSSR count). The van der Waals surface area contributed by atoms with E-state index in [1.165, 1.54) is 0 Å². The van der Waals surface area contributed by atoms with E-state index >= 15 is 0 Å². The van der Waals surface area contributed by atoms with E-state index in [1.54, 1.807) is 18.9 Å². The van der Waals surface area contributed by atoms with Gasteiger partial charge < -0.3 is 23.8 Å². The number of benzene rings is 2. The molecular weight excluding hydrogens is 568 g/mol. The number of pyridine rings is 1. The smallest absolute Gasteiger partial charge is 0.329 e. The Hall–Kier alpha value is -3.49. The third-order valence-corrected chi connectivity index (χ3v) is 9.17. The van der Waals surface area contributed by atoms with Crippen molar-refractivity contribution in [2.24, 2.45) is 11.3 Å². The Morgan fingerprint density at radius 2 is 1.80 bits per heavy atom. The van der Waals surface area contributed by atoms with Crippen molar-refractivity contribution in [2.75, 3.05) is 20.3 Å². The summed E-state index contributed by atoms with van der Waals surface area (Å²) in [6.45, 7) is 13.3. The summed E-state index contributed by atoms with van der Waals surface area (Å²) in [5.41, 5.74) is 3.29. The number of likely N-dealkylation sites (tertiary alicyclic amines) is 1. The Kier molecular flexibility index (Phi) is 10.1. The third-order valence-electron chi connectivity index (χ3n) is 9.17. The maximum absolute atomic E-state index is 14.6. The minimum atomic E-state index is -0.852. The van der Waals surface area contributed by atoms with Crippen molar-refractivity contribution < 1.29 is 28.5 Å². The molecule has 2 aliphatic heterocycles. The first-order chi connectivity index (χ1) is 21.6. The summed E-state index contributed by atoms with van der Waals surface area (Å²) in [7, 11) is 1.61. The highest BCUT2D eigenvalue weighted by Gasteiger charge is 2.60. The van der Waals surface area contributed by atoms with Crippen LogP contribution in [0.25, 0.3) is 10.9 Å². The fraction of sp³-hybridized carbons (Fsp3) is 0.541. The Morgan fingerprint density at radius 1 is 1.07 bits per heavy atom. The first-order valence-electron chi connectivity index (χ1n) is 16.3. The van der Waals surface area contributed by atoms with E-state index in [0.717, 1.165) is 40.4 Å². The van der Waals surface area contributed by atoms with Gasteiger partial charge in [0.2, 0.25) is 5.88 Å². The number of carbonyl (C=O) groups is 2. The zero-order valence-electron chi connectivity index (χ0n) is 27.7. The highest BCUT2D eigenvalue weighted by molar-refractivity contribution is 5.89. The topological polar surface area (TPSA) is 87.2 Å². The van der Waals surface area contributed by atoms with Gasteiger partial charge in [0.05, 0.1) is 38.0 Å². The van der Waals surface area contributed by atoms with Gasteiger partial charge in [-0.1, -0.05) is 77.1 Å². The summed E-state index contributed by atoms with van der Waals surface area (Å²) in [5, 5.41) is 0.980. The number of amides is 1. The Morgan fingerprint density at radius 3 is 2.47 bits per heavy atom. The summed E-state index contributed by atoms with van der Waals surface area (Å²) < 4.78 is 24.5. The van der Waals surface area contributed by atoms with Gasteiger partial charge >= 0.3 is 5.97 Å². The number of esters is 1. The van der Waals surface area contributed by atoms with Crippen LogP contribution >= 0.6 is 0 Å². The van der Waals surface area contributed by atoms with Crippen LogP contribution in [0, 0.1) is 11.3 Å². The highest BCUT2D eigenvalue weighted by atomic mass is 16.5. The van der Waals surface area contributed by atoms with Gasteiger partial charge in [-0.25, -0.2) is 9.78 Å². The molecule has 5 atom stereocenters. The molecule has 3 aromatic rings. The van der Waals surface area contributed by atoms with E-state index in [4.69, 9.17) is 23.9 Å². The second-order valence-electron chi connectivity index (χ2n) is 13.5. The van der Waals surface area contributed by atoms with Crippen molar-refractivity contribution in [3.63, 3.8) is 0 Å². The van der Waals surface area contributed by atoms with Crippen LogP contribution in [0.4, 0.5) is 0 Å². The number of hydrogen-bond donors (Lipinski definition) is 0. The highest BCUT2D eigenvalue weighted by Crippen LogP contribution is 2.51. The molecule has 1 aromatic heterocycles. The predicted octanol–water partition coefficient (Wildman–Crippen LogP) is 7.00. The molecule has 8 nitrogen and oxygen atoms in total. The van der Waals surface area contributed by atoms with E-state index in [0.29, 0.717) is 18.9 Å². The number of nitrogens with zero attached hydrogens (tertiary/aromatic N) is 2. The number of aromatic nitrogens is 1. The zero-order valence-corrected chi connectivity index (χ0v) is 27.7. The molecule has 3 heterocycles. The van der Waals surface area contributed by atoms with Crippen LogP contribution in [0.3, 0.4) is 0 Å². The number of rotatable bonds is 9. The molecule has 2 fully saturated rings. The van der Waals surface area contributed by atoms with Crippen LogP contribution in [-0.2, 0) is 30.4 Å². The molecule has 0 unspecified atom stereocenters. The van der Waals surface area contributed by atoms with Gasteiger partial charge in [-0.05, 0) is 60.8 Å². The van der Waals surface area contributed by atoms with Gasteiger partial charge in [-0.2, -0.15) is 0 Å². The average molecular weight is 617 g/mol. The van der Waals surface area contributed by atoms with Crippen LogP contribution < -0.4 is 4.74 Å². The molecule has 0 N–H and O–H groups in total. The number of methoxy groups -OCH3 is 1. The lowest BCUT2D eigenvalue weighted by Crippen LogP contribution is -2.51. The molecule has 0 saturated carbocycles. The van der Waals surface area contributed by atoms with Gasteiger partial charge in [0.15, 0.2) is 0 Å². The molecule has 242 valence electrons. The van der Waals surface area contributed by atoms with Gasteiger partial charge in [0, 0.05) is 23.5 Å². The van der Waals surface area contributed by atoms with Crippen molar-refractivity contribution >= 4 is 22.8 Å². The summed E-state index contributed by atoms with van der Waals surface area (Å²) in [5.74, 6) is -0.298. The number of para-hydroxylation sites is 1. The number of carbonyl (C=O) groups excluding carboxylic acids is 2. The first kappa shape index (κ1) is 32.9. The number of ether oxygens (including phenoxy) is 4. The molecule has 2 aromatic carbocycles. The summed E-state index contributed by atoms with van der Waals surface area (Å²) in [6.07, 6.45) is 1.29. The lowest BCUT2D eigenvalue weighted by atomic mass is 9.73. The molecule has 0 spiro atoms. The molecule has 2 aliphatic rings. The largest absolute Gasteiger partial charge is 0.481 e. The SMILES string of the molecule is CCOC(=O)[C@@H]1[C@@H](C(C)(C)C)[C@H](OCc2cc3ccccc3nc2OC)[C@H](c2ccccc2C(C)C)N1C(=O)[C@@H]1CCCCO1. The maximum atomic E-state index is 14.6. The molecule has 45 heavy (non-hydrogen) atoms. The van der Waals surface area contributed by atoms with Crippen LogP contribution in [0.1, 0.15) is 89.5 Å². The Labute approximate surface area is 267 Å². The molecule has 0 radical (unpaired) electrons. The van der Waals surface area contributed by atoms with E-state index in [1.807, 2.05) is 42.5 Å². The van der Waals surface area contributed by atoms with E-state index in [2.05, 4.69) is 46.8 Å². The van der Waals surface area contributed by atoms with Crippen molar-refractivity contribution in [2.45, 2.75) is 97.6 Å². The van der Waals surface area contributed by atoms with Gasteiger partial charge in [0.1, 0.15) is 12.1 Å². The van der Waals surface area contributed by atoms with E-state index in [-0.39, 0.29) is 31.0 Å². The van der Waals surface area contributed by atoms with Crippen molar-refractivity contribution in [1.29, 1.82) is 0 Å². The van der Waals surface area contributed by atoms with Crippen LogP contribution in [0.2, 0.25) is 0 Å². The lowest BCUT2D eigenvalue weighted by Gasteiger charge is -2.36. The predicted molar refractivity (Wildman–Crippen MR) is 174 cm³/mol. The fourth-order valence-corrected chi connectivity index (χ4v) is 7.15. The fourth-order valence-electron chi connectivity index (χ4n) is 7.15. The second-order valence-corrected chi connectivity index (χ2v) is 13.5. The molecule has 1 amide bonds. The minimum Gasteiger partial charge on any atom is -0.481 e.